The molecule has 156 valence electrons. The Morgan fingerprint density at radius 3 is 2.28 bits per heavy atom. The highest BCUT2D eigenvalue weighted by Crippen LogP contribution is 2.31. The lowest BCUT2D eigenvalue weighted by molar-refractivity contribution is -0.139. The molecule has 3 rings (SSSR count). The van der Waals surface area contributed by atoms with Crippen molar-refractivity contribution in [1.82, 2.24) is 9.80 Å². The van der Waals surface area contributed by atoms with Crippen molar-refractivity contribution in [2.75, 3.05) is 33.3 Å². The van der Waals surface area contributed by atoms with Crippen LogP contribution in [0.4, 0.5) is 4.79 Å². The van der Waals surface area contributed by atoms with E-state index in [4.69, 9.17) is 13.9 Å². The number of benzene rings is 1. The summed E-state index contributed by atoms with van der Waals surface area (Å²) in [5.41, 5.74) is 2.23. The number of carbonyl (C=O) groups is 2. The molecule has 0 N–H and O–H groups in total. The van der Waals surface area contributed by atoms with Gasteiger partial charge in [0.1, 0.15) is 11.3 Å². The number of rotatable bonds is 3. The Labute approximate surface area is 169 Å². The number of nitrogens with zero attached hydrogens (tertiary/aromatic N) is 2. The van der Waals surface area contributed by atoms with Crippen molar-refractivity contribution >= 4 is 23.0 Å². The molecule has 29 heavy (non-hydrogen) atoms. The zero-order chi connectivity index (χ0) is 21.3. The van der Waals surface area contributed by atoms with Gasteiger partial charge in [0.05, 0.1) is 12.5 Å². The molecule has 1 aromatic heterocycles. The lowest BCUT2D eigenvalue weighted by Crippen LogP contribution is -2.53. The summed E-state index contributed by atoms with van der Waals surface area (Å²) in [6.45, 7) is 8.80. The Morgan fingerprint density at radius 1 is 1.03 bits per heavy atom. The average molecular weight is 402 g/mol. The topological polar surface area (TPSA) is 89.3 Å². The first-order valence-corrected chi connectivity index (χ1v) is 9.56. The van der Waals surface area contributed by atoms with E-state index in [1.54, 1.807) is 29.7 Å². The molecule has 0 radical (unpaired) electrons. The molecule has 0 saturated carbocycles. The van der Waals surface area contributed by atoms with Crippen LogP contribution in [0.5, 0.6) is 5.75 Å². The van der Waals surface area contributed by atoms with Crippen LogP contribution < -0.4 is 10.4 Å². The summed E-state index contributed by atoms with van der Waals surface area (Å²) in [6.07, 6.45) is -1.11. The van der Waals surface area contributed by atoms with Crippen molar-refractivity contribution < 1.29 is 23.5 Å². The van der Waals surface area contributed by atoms with Crippen molar-refractivity contribution in [3.05, 3.63) is 39.2 Å². The standard InChI is InChI=1S/C21H26N2O6/c1-12-10-16(18-13(2)14(3)20(25)29-17(18)11-12)28-15(4)19(24)22-6-8-23(9-7-22)21(26)27-5/h10-11,15H,6-9H2,1-5H3. The molecule has 1 aliphatic rings. The Kier molecular flexibility index (Phi) is 5.81. The van der Waals surface area contributed by atoms with E-state index >= 15 is 0 Å². The van der Waals surface area contributed by atoms with Gasteiger partial charge in [-0.3, -0.25) is 4.79 Å². The second-order valence-electron chi connectivity index (χ2n) is 7.32. The quantitative estimate of drug-likeness (QED) is 0.733. The summed E-state index contributed by atoms with van der Waals surface area (Å²) in [4.78, 5) is 39.7. The molecule has 2 amide bonds. The highest BCUT2D eigenvalue weighted by Gasteiger charge is 2.28. The Bertz CT molecular complexity index is 1000. The minimum Gasteiger partial charge on any atom is -0.480 e. The van der Waals surface area contributed by atoms with Crippen LogP contribution in [0.25, 0.3) is 11.0 Å². The lowest BCUT2D eigenvalue weighted by Gasteiger charge is -2.35. The summed E-state index contributed by atoms with van der Waals surface area (Å²) >= 11 is 0. The molecule has 1 aliphatic heterocycles. The molecule has 1 saturated heterocycles. The van der Waals surface area contributed by atoms with Crippen LogP contribution in [0, 0.1) is 20.8 Å². The first-order chi connectivity index (χ1) is 13.7. The van der Waals surface area contributed by atoms with Gasteiger partial charge in [-0.05, 0) is 51.0 Å². The van der Waals surface area contributed by atoms with Gasteiger partial charge < -0.3 is 23.7 Å². The third-order valence-electron chi connectivity index (χ3n) is 5.33. The average Bonchev–Trinajstić information content (AvgIpc) is 2.70. The smallest absolute Gasteiger partial charge is 0.409 e. The zero-order valence-corrected chi connectivity index (χ0v) is 17.4. The fraction of sp³-hybridized carbons (Fsp3) is 0.476. The summed E-state index contributed by atoms with van der Waals surface area (Å²) in [5, 5.41) is 0.697. The molecule has 1 unspecified atom stereocenters. The van der Waals surface area contributed by atoms with E-state index in [0.717, 1.165) is 11.1 Å². The van der Waals surface area contributed by atoms with Crippen LogP contribution in [0.2, 0.25) is 0 Å². The monoisotopic (exact) mass is 402 g/mol. The van der Waals surface area contributed by atoms with Gasteiger partial charge in [-0.2, -0.15) is 0 Å². The normalized spacial score (nSPS) is 15.3. The van der Waals surface area contributed by atoms with Crippen molar-refractivity contribution in [1.29, 1.82) is 0 Å². The molecule has 0 bridgehead atoms. The Hall–Kier alpha value is -3.03. The van der Waals surface area contributed by atoms with Crippen LogP contribution in [0.1, 0.15) is 23.6 Å². The van der Waals surface area contributed by atoms with E-state index in [2.05, 4.69) is 0 Å². The molecule has 0 aliphatic carbocycles. The summed E-state index contributed by atoms with van der Waals surface area (Å²) in [7, 11) is 1.34. The van der Waals surface area contributed by atoms with E-state index in [9.17, 15) is 14.4 Å². The molecular formula is C21H26N2O6. The number of piperazine rings is 1. The third-order valence-corrected chi connectivity index (χ3v) is 5.33. The van der Waals surface area contributed by atoms with E-state index in [0.29, 0.717) is 48.5 Å². The van der Waals surface area contributed by atoms with Gasteiger partial charge in [-0.15, -0.1) is 0 Å². The number of carbonyl (C=O) groups excluding carboxylic acids is 2. The van der Waals surface area contributed by atoms with Gasteiger partial charge in [-0.1, -0.05) is 0 Å². The Balaban J connectivity index is 1.80. The van der Waals surface area contributed by atoms with Crippen molar-refractivity contribution in [2.45, 2.75) is 33.8 Å². The Morgan fingerprint density at radius 2 is 1.66 bits per heavy atom. The summed E-state index contributed by atoms with van der Waals surface area (Å²) < 4.78 is 16.2. The summed E-state index contributed by atoms with van der Waals surface area (Å²) in [6, 6.07) is 3.63. The molecule has 8 heteroatoms. The number of aryl methyl sites for hydroxylation is 2. The van der Waals surface area contributed by atoms with Gasteiger partial charge in [0, 0.05) is 31.7 Å². The fourth-order valence-electron chi connectivity index (χ4n) is 3.52. The van der Waals surface area contributed by atoms with Gasteiger partial charge in [-0.25, -0.2) is 9.59 Å². The van der Waals surface area contributed by atoms with Crippen molar-refractivity contribution in [2.24, 2.45) is 0 Å². The SMILES string of the molecule is COC(=O)N1CCN(C(=O)C(C)Oc2cc(C)cc3oc(=O)c(C)c(C)c23)CC1. The highest BCUT2D eigenvalue weighted by atomic mass is 16.5. The largest absolute Gasteiger partial charge is 0.480 e. The summed E-state index contributed by atoms with van der Waals surface area (Å²) in [5.74, 6) is 0.356. The molecule has 2 heterocycles. The molecule has 1 aromatic carbocycles. The van der Waals surface area contributed by atoms with Crippen LogP contribution in [-0.2, 0) is 9.53 Å². The second kappa shape index (κ2) is 8.14. The maximum Gasteiger partial charge on any atom is 0.409 e. The molecule has 8 nitrogen and oxygen atoms in total. The predicted molar refractivity (Wildman–Crippen MR) is 107 cm³/mol. The number of fused-ring (bicyclic) bond motifs is 1. The number of amides is 2. The van der Waals surface area contributed by atoms with Gasteiger partial charge in [0.25, 0.3) is 5.91 Å². The maximum atomic E-state index is 12.9. The molecule has 1 atom stereocenters. The first-order valence-electron chi connectivity index (χ1n) is 9.56. The fourth-order valence-corrected chi connectivity index (χ4v) is 3.52. The van der Waals surface area contributed by atoms with Crippen molar-refractivity contribution in [3.8, 4) is 5.75 Å². The predicted octanol–water partition coefficient (Wildman–Crippen LogP) is 2.40. The molecule has 0 spiro atoms. The van der Waals surface area contributed by atoms with E-state index in [1.165, 1.54) is 7.11 Å². The lowest BCUT2D eigenvalue weighted by atomic mass is 10.0. The van der Waals surface area contributed by atoms with Crippen molar-refractivity contribution in [3.63, 3.8) is 0 Å². The van der Waals surface area contributed by atoms with Crippen LogP contribution in [0.3, 0.4) is 0 Å². The molecule has 2 aromatic rings. The van der Waals surface area contributed by atoms with E-state index < -0.39 is 6.10 Å². The zero-order valence-electron chi connectivity index (χ0n) is 17.4. The van der Waals surface area contributed by atoms with E-state index in [-0.39, 0.29) is 17.6 Å². The van der Waals surface area contributed by atoms with Gasteiger partial charge in [0.15, 0.2) is 6.10 Å². The second-order valence-corrected chi connectivity index (χ2v) is 7.32. The maximum absolute atomic E-state index is 12.9. The minimum absolute atomic E-state index is 0.157. The number of ether oxygens (including phenoxy) is 2. The van der Waals surface area contributed by atoms with Crippen LogP contribution >= 0.6 is 0 Å². The van der Waals surface area contributed by atoms with E-state index in [1.807, 2.05) is 19.9 Å². The first kappa shape index (κ1) is 20.7. The van der Waals surface area contributed by atoms with Crippen LogP contribution in [-0.4, -0.2) is 61.2 Å². The number of hydrogen-bond acceptors (Lipinski definition) is 6. The third kappa shape index (κ3) is 4.06. The highest BCUT2D eigenvalue weighted by molar-refractivity contribution is 5.89. The molecular weight excluding hydrogens is 376 g/mol. The van der Waals surface area contributed by atoms with Gasteiger partial charge >= 0.3 is 11.7 Å². The molecule has 1 fully saturated rings. The number of methoxy groups -OCH3 is 1. The number of hydrogen-bond donors (Lipinski definition) is 0. The van der Waals surface area contributed by atoms with Crippen LogP contribution in [0.15, 0.2) is 21.3 Å². The minimum atomic E-state index is -0.726. The van der Waals surface area contributed by atoms with Gasteiger partial charge in [0.2, 0.25) is 0 Å².